The van der Waals surface area contributed by atoms with Crippen LogP contribution < -0.4 is 5.32 Å². The van der Waals surface area contributed by atoms with E-state index in [4.69, 9.17) is 0 Å². The van der Waals surface area contributed by atoms with Crippen LogP contribution in [0.4, 0.5) is 0 Å². The molecule has 22 heavy (non-hydrogen) atoms. The largest absolute Gasteiger partial charge is 0.336 e. The Kier molecular flexibility index (Phi) is 3.72. The lowest BCUT2D eigenvalue weighted by Gasteiger charge is -2.36. The van der Waals surface area contributed by atoms with E-state index in [9.17, 15) is 4.79 Å². The third-order valence-electron chi connectivity index (χ3n) is 4.65. The van der Waals surface area contributed by atoms with Crippen molar-refractivity contribution < 1.29 is 10.1 Å². The Morgan fingerprint density at radius 3 is 2.82 bits per heavy atom. The molecule has 1 atom stereocenters. The van der Waals surface area contributed by atoms with Crippen LogP contribution in [-0.2, 0) is 11.2 Å². The summed E-state index contributed by atoms with van der Waals surface area (Å²) in [5, 5.41) is 4.37. The van der Waals surface area contributed by atoms with Crippen molar-refractivity contribution in [1.29, 1.82) is 0 Å². The predicted molar refractivity (Wildman–Crippen MR) is 87.8 cm³/mol. The fourth-order valence-corrected chi connectivity index (χ4v) is 4.20. The van der Waals surface area contributed by atoms with Crippen molar-refractivity contribution in [3.05, 3.63) is 57.8 Å². The van der Waals surface area contributed by atoms with Crippen molar-refractivity contribution in [2.45, 2.75) is 31.3 Å². The summed E-state index contributed by atoms with van der Waals surface area (Å²) in [5.41, 5.74) is 2.55. The molecule has 2 aromatic rings. The fraction of sp³-hybridized carbons (Fsp3) is 0.389. The van der Waals surface area contributed by atoms with Gasteiger partial charge in [-0.3, -0.25) is 4.79 Å². The van der Waals surface area contributed by atoms with Gasteiger partial charge in [-0.1, -0.05) is 30.3 Å². The molecular formula is C18H21N2OS+. The second-order valence-electron chi connectivity index (χ2n) is 6.23. The summed E-state index contributed by atoms with van der Waals surface area (Å²) in [6.07, 6.45) is 3.53. The molecule has 1 aromatic heterocycles. The molecule has 0 bridgehead atoms. The molecule has 2 heterocycles. The molecule has 2 aliphatic rings. The minimum absolute atomic E-state index is 0.0938. The standard InChI is InChI=1S/C18H20N2OS/c21-17(12-19-14-6-7-14)20-10-8-16-15(9-11-22-16)18(20)13-4-2-1-3-5-13/h1-5,9,11,14,18-19H,6-8,10,12H2/p+1/t18-/m0/s1. The number of hydrogen-bond donors (Lipinski definition) is 1. The van der Waals surface area contributed by atoms with Crippen LogP contribution in [0.3, 0.4) is 0 Å². The summed E-state index contributed by atoms with van der Waals surface area (Å²) in [7, 11) is 0. The number of carbonyl (C=O) groups is 1. The van der Waals surface area contributed by atoms with Gasteiger partial charge in [-0.15, -0.1) is 11.3 Å². The normalized spacial score (nSPS) is 20.7. The zero-order valence-electron chi connectivity index (χ0n) is 12.6. The van der Waals surface area contributed by atoms with E-state index in [2.05, 4.69) is 45.9 Å². The maximum absolute atomic E-state index is 12.7. The lowest BCUT2D eigenvalue weighted by molar-refractivity contribution is -0.658. The number of nitrogens with zero attached hydrogens (tertiary/aromatic N) is 1. The Labute approximate surface area is 135 Å². The Balaban J connectivity index is 1.63. The first kappa shape index (κ1) is 14.0. The van der Waals surface area contributed by atoms with Crippen molar-refractivity contribution in [1.82, 2.24) is 4.90 Å². The molecule has 0 spiro atoms. The number of rotatable bonds is 4. The molecular weight excluding hydrogens is 292 g/mol. The van der Waals surface area contributed by atoms with Crippen molar-refractivity contribution in [3.63, 3.8) is 0 Å². The monoisotopic (exact) mass is 313 g/mol. The van der Waals surface area contributed by atoms with Crippen molar-refractivity contribution in [2.24, 2.45) is 0 Å². The number of amides is 1. The summed E-state index contributed by atoms with van der Waals surface area (Å²) in [5.74, 6) is 0.276. The number of fused-ring (bicyclic) bond motifs is 1. The Hall–Kier alpha value is -1.65. The molecule has 1 aromatic carbocycles. The van der Waals surface area contributed by atoms with Gasteiger partial charge in [-0.25, -0.2) is 0 Å². The number of benzene rings is 1. The van der Waals surface area contributed by atoms with Crippen LogP contribution in [0.2, 0.25) is 0 Å². The number of nitrogens with two attached hydrogens (primary N) is 1. The molecule has 1 aliphatic carbocycles. The molecule has 0 radical (unpaired) electrons. The van der Waals surface area contributed by atoms with Crippen LogP contribution in [0.15, 0.2) is 41.8 Å². The van der Waals surface area contributed by atoms with E-state index in [1.165, 1.54) is 28.8 Å². The molecule has 3 nitrogen and oxygen atoms in total. The van der Waals surface area contributed by atoms with Gasteiger partial charge in [0.05, 0.1) is 12.1 Å². The quantitative estimate of drug-likeness (QED) is 0.920. The maximum atomic E-state index is 12.7. The smallest absolute Gasteiger partial charge is 0.278 e. The van der Waals surface area contributed by atoms with E-state index < -0.39 is 0 Å². The van der Waals surface area contributed by atoms with Gasteiger partial charge < -0.3 is 10.2 Å². The van der Waals surface area contributed by atoms with E-state index in [0.717, 1.165) is 13.0 Å². The first-order valence-electron chi connectivity index (χ1n) is 8.07. The maximum Gasteiger partial charge on any atom is 0.278 e. The summed E-state index contributed by atoms with van der Waals surface area (Å²) in [6.45, 7) is 1.43. The Bertz CT molecular complexity index is 663. The molecule has 1 saturated carbocycles. The van der Waals surface area contributed by atoms with Crippen molar-refractivity contribution in [2.75, 3.05) is 13.1 Å². The number of quaternary nitrogens is 1. The number of thiophene rings is 1. The number of carbonyl (C=O) groups excluding carboxylic acids is 1. The van der Waals surface area contributed by atoms with Gasteiger partial charge >= 0.3 is 0 Å². The summed E-state index contributed by atoms with van der Waals surface area (Å²) < 4.78 is 0. The average Bonchev–Trinajstić information content (AvgIpc) is 3.27. The average molecular weight is 313 g/mol. The minimum atomic E-state index is 0.0938. The molecule has 2 N–H and O–H groups in total. The first-order chi connectivity index (χ1) is 10.8. The highest BCUT2D eigenvalue weighted by molar-refractivity contribution is 7.10. The van der Waals surface area contributed by atoms with E-state index >= 15 is 0 Å². The molecule has 1 fully saturated rings. The molecule has 1 amide bonds. The Morgan fingerprint density at radius 2 is 2.05 bits per heavy atom. The highest BCUT2D eigenvalue weighted by atomic mass is 32.1. The van der Waals surface area contributed by atoms with E-state index in [1.807, 2.05) is 17.4 Å². The lowest BCUT2D eigenvalue weighted by Crippen LogP contribution is -2.88. The molecule has 0 unspecified atom stereocenters. The van der Waals surface area contributed by atoms with Crippen LogP contribution in [0, 0.1) is 0 Å². The van der Waals surface area contributed by atoms with Gasteiger partial charge in [0.2, 0.25) is 0 Å². The van der Waals surface area contributed by atoms with Crippen LogP contribution >= 0.6 is 11.3 Å². The molecule has 4 rings (SSSR count). The van der Waals surface area contributed by atoms with Crippen molar-refractivity contribution >= 4 is 17.2 Å². The predicted octanol–water partition coefficient (Wildman–Crippen LogP) is 1.95. The molecule has 0 saturated heterocycles. The van der Waals surface area contributed by atoms with Crippen LogP contribution in [0.1, 0.15) is 34.9 Å². The zero-order chi connectivity index (χ0) is 14.9. The van der Waals surface area contributed by atoms with E-state index in [0.29, 0.717) is 12.6 Å². The fourth-order valence-electron chi connectivity index (χ4n) is 3.30. The zero-order valence-corrected chi connectivity index (χ0v) is 13.4. The SMILES string of the molecule is O=C(C[NH2+]C1CC1)N1CCc2sccc2[C@@H]1c1ccccc1. The van der Waals surface area contributed by atoms with Gasteiger partial charge in [0, 0.05) is 24.3 Å². The van der Waals surface area contributed by atoms with Crippen LogP contribution in [-0.4, -0.2) is 29.9 Å². The Morgan fingerprint density at radius 1 is 1.23 bits per heavy atom. The van der Waals surface area contributed by atoms with Gasteiger partial charge in [0.15, 0.2) is 6.54 Å². The third kappa shape index (κ3) is 2.69. The topological polar surface area (TPSA) is 36.9 Å². The van der Waals surface area contributed by atoms with Crippen molar-refractivity contribution in [3.8, 4) is 0 Å². The summed E-state index contributed by atoms with van der Waals surface area (Å²) in [4.78, 5) is 16.3. The summed E-state index contributed by atoms with van der Waals surface area (Å²) in [6, 6.07) is 13.4. The van der Waals surface area contributed by atoms with Gasteiger partial charge in [-0.2, -0.15) is 0 Å². The van der Waals surface area contributed by atoms with Crippen LogP contribution in [0.25, 0.3) is 0 Å². The van der Waals surface area contributed by atoms with Crippen LogP contribution in [0.5, 0.6) is 0 Å². The minimum Gasteiger partial charge on any atom is -0.336 e. The third-order valence-corrected chi connectivity index (χ3v) is 5.65. The second kappa shape index (κ2) is 5.86. The molecule has 4 heteroatoms. The molecule has 114 valence electrons. The lowest BCUT2D eigenvalue weighted by atomic mass is 9.93. The summed E-state index contributed by atoms with van der Waals surface area (Å²) >= 11 is 1.82. The molecule has 1 aliphatic heterocycles. The first-order valence-corrected chi connectivity index (χ1v) is 8.95. The second-order valence-corrected chi connectivity index (χ2v) is 7.23. The highest BCUT2D eigenvalue weighted by Crippen LogP contribution is 2.37. The van der Waals surface area contributed by atoms with Gasteiger partial charge in [0.1, 0.15) is 0 Å². The number of hydrogen-bond acceptors (Lipinski definition) is 2. The highest BCUT2D eigenvalue weighted by Gasteiger charge is 2.34. The van der Waals surface area contributed by atoms with Gasteiger partial charge in [-0.05, 0) is 29.0 Å². The van der Waals surface area contributed by atoms with E-state index in [1.54, 1.807) is 0 Å². The van der Waals surface area contributed by atoms with Gasteiger partial charge in [0.25, 0.3) is 5.91 Å². The van der Waals surface area contributed by atoms with E-state index in [-0.39, 0.29) is 11.9 Å².